The Morgan fingerprint density at radius 2 is 2.10 bits per heavy atom. The molecular weight excluding hydrogens is 397 g/mol. The van der Waals surface area contributed by atoms with Crippen molar-refractivity contribution in [3.63, 3.8) is 0 Å². The van der Waals surface area contributed by atoms with Gasteiger partial charge in [0.1, 0.15) is 11.6 Å². The first kappa shape index (κ1) is 21.0. The van der Waals surface area contributed by atoms with Gasteiger partial charge in [-0.05, 0) is 50.4 Å². The zero-order chi connectivity index (χ0) is 21.5. The SMILES string of the molecule is COc1ccc(CN2CCC[C@H]2c2cc3n(n2)[C@@H](C(F)(F)F)C[C@@H](C)N3)cc1CO. The number of benzene rings is 1. The van der Waals surface area contributed by atoms with Crippen LogP contribution in [0.4, 0.5) is 19.0 Å². The number of ether oxygens (including phenoxy) is 1. The summed E-state index contributed by atoms with van der Waals surface area (Å²) in [5, 5.41) is 17.1. The van der Waals surface area contributed by atoms with Crippen molar-refractivity contribution in [3.05, 3.63) is 41.1 Å². The van der Waals surface area contributed by atoms with Crippen LogP contribution in [0.5, 0.6) is 5.75 Å². The Kier molecular flexibility index (Phi) is 5.67. The molecule has 0 saturated carbocycles. The van der Waals surface area contributed by atoms with E-state index in [2.05, 4.69) is 15.3 Å². The lowest BCUT2D eigenvalue weighted by atomic mass is 10.1. The van der Waals surface area contributed by atoms with E-state index in [1.165, 1.54) is 0 Å². The molecule has 1 aromatic heterocycles. The minimum absolute atomic E-state index is 0.0260. The fourth-order valence-electron chi connectivity index (χ4n) is 4.58. The molecule has 1 aromatic carbocycles. The first-order valence-corrected chi connectivity index (χ1v) is 10.2. The van der Waals surface area contributed by atoms with Crippen LogP contribution in [0.15, 0.2) is 24.3 Å². The van der Waals surface area contributed by atoms with Crippen LogP contribution in [0.2, 0.25) is 0 Å². The highest BCUT2D eigenvalue weighted by molar-refractivity contribution is 5.42. The van der Waals surface area contributed by atoms with Crippen LogP contribution in [-0.2, 0) is 13.2 Å². The fraction of sp³-hybridized carbons (Fsp3) is 0.571. The van der Waals surface area contributed by atoms with E-state index in [-0.39, 0.29) is 25.1 Å². The van der Waals surface area contributed by atoms with Crippen LogP contribution in [0, 0.1) is 0 Å². The highest BCUT2D eigenvalue weighted by Crippen LogP contribution is 2.41. The molecule has 2 aliphatic rings. The number of nitrogens with zero attached hydrogens (tertiary/aromatic N) is 3. The van der Waals surface area contributed by atoms with Crippen LogP contribution >= 0.6 is 0 Å². The van der Waals surface area contributed by atoms with Gasteiger partial charge in [0.2, 0.25) is 0 Å². The lowest BCUT2D eigenvalue weighted by molar-refractivity contribution is -0.173. The van der Waals surface area contributed by atoms with Gasteiger partial charge in [-0.3, -0.25) is 4.90 Å². The molecule has 1 saturated heterocycles. The first-order chi connectivity index (χ1) is 14.3. The predicted molar refractivity (Wildman–Crippen MR) is 106 cm³/mol. The summed E-state index contributed by atoms with van der Waals surface area (Å²) in [5.41, 5.74) is 2.42. The Morgan fingerprint density at radius 1 is 1.30 bits per heavy atom. The van der Waals surface area contributed by atoms with Gasteiger partial charge in [0, 0.05) is 24.2 Å². The summed E-state index contributed by atoms with van der Waals surface area (Å²) < 4.78 is 47.0. The molecule has 6 nitrogen and oxygen atoms in total. The molecule has 4 rings (SSSR count). The molecule has 0 bridgehead atoms. The topological polar surface area (TPSA) is 62.5 Å². The number of aliphatic hydroxyl groups excluding tert-OH is 1. The third kappa shape index (κ3) is 4.00. The molecule has 0 radical (unpaired) electrons. The molecular formula is C21H27F3N4O2. The molecule has 1 fully saturated rings. The third-order valence-corrected chi connectivity index (χ3v) is 6.00. The van der Waals surface area contributed by atoms with E-state index in [0.29, 0.717) is 23.8 Å². The summed E-state index contributed by atoms with van der Waals surface area (Å²) in [6, 6.07) is 5.58. The highest BCUT2D eigenvalue weighted by atomic mass is 19.4. The van der Waals surface area contributed by atoms with Gasteiger partial charge in [-0.15, -0.1) is 0 Å². The number of hydrogen-bond donors (Lipinski definition) is 2. The number of halogens is 3. The maximum atomic E-state index is 13.5. The van der Waals surface area contributed by atoms with Crippen LogP contribution < -0.4 is 10.1 Å². The summed E-state index contributed by atoms with van der Waals surface area (Å²) in [6.07, 6.45) is -2.54. The smallest absolute Gasteiger partial charge is 0.410 e. The van der Waals surface area contributed by atoms with Crippen molar-refractivity contribution in [2.24, 2.45) is 0 Å². The second-order valence-corrected chi connectivity index (χ2v) is 8.17. The molecule has 3 heterocycles. The Labute approximate surface area is 173 Å². The van der Waals surface area contributed by atoms with Gasteiger partial charge in [0.05, 0.1) is 25.5 Å². The van der Waals surface area contributed by atoms with E-state index in [1.54, 1.807) is 20.1 Å². The Hall–Kier alpha value is -2.26. The number of likely N-dealkylation sites (tertiary alicyclic amines) is 1. The normalized spacial score (nSPS) is 24.5. The number of aliphatic hydroxyl groups is 1. The van der Waals surface area contributed by atoms with Gasteiger partial charge in [0.25, 0.3) is 0 Å². The first-order valence-electron chi connectivity index (χ1n) is 10.2. The quantitative estimate of drug-likeness (QED) is 0.759. The lowest BCUT2D eigenvalue weighted by Gasteiger charge is -2.31. The second-order valence-electron chi connectivity index (χ2n) is 8.17. The zero-order valence-electron chi connectivity index (χ0n) is 17.1. The third-order valence-electron chi connectivity index (χ3n) is 6.00. The van der Waals surface area contributed by atoms with Gasteiger partial charge in [-0.2, -0.15) is 18.3 Å². The summed E-state index contributed by atoms with van der Waals surface area (Å²) in [5.74, 6) is 1.07. The van der Waals surface area contributed by atoms with Crippen LogP contribution in [0.1, 0.15) is 55.1 Å². The molecule has 0 aliphatic carbocycles. The molecule has 9 heteroatoms. The largest absolute Gasteiger partial charge is 0.496 e. The number of methoxy groups -OCH3 is 1. The minimum atomic E-state index is -4.33. The zero-order valence-corrected chi connectivity index (χ0v) is 17.1. The molecule has 0 spiro atoms. The van der Waals surface area contributed by atoms with Crippen molar-refractivity contribution in [2.45, 2.75) is 63.6 Å². The highest BCUT2D eigenvalue weighted by Gasteiger charge is 2.46. The average Bonchev–Trinajstić information content (AvgIpc) is 3.32. The van der Waals surface area contributed by atoms with E-state index in [1.807, 2.05) is 18.2 Å². The van der Waals surface area contributed by atoms with E-state index in [9.17, 15) is 18.3 Å². The number of rotatable bonds is 5. The van der Waals surface area contributed by atoms with Crippen molar-refractivity contribution in [1.82, 2.24) is 14.7 Å². The molecule has 0 unspecified atom stereocenters. The maximum Gasteiger partial charge on any atom is 0.410 e. The molecule has 3 atom stereocenters. The van der Waals surface area contributed by atoms with E-state index in [4.69, 9.17) is 4.74 Å². The minimum Gasteiger partial charge on any atom is -0.496 e. The molecule has 2 aromatic rings. The Bertz CT molecular complexity index is 899. The predicted octanol–water partition coefficient (Wildman–Crippen LogP) is 4.03. The molecule has 164 valence electrons. The number of anilines is 1. The molecule has 30 heavy (non-hydrogen) atoms. The van der Waals surface area contributed by atoms with Crippen LogP contribution in [0.25, 0.3) is 0 Å². The number of fused-ring (bicyclic) bond motifs is 1. The van der Waals surface area contributed by atoms with Crippen molar-refractivity contribution < 1.29 is 23.0 Å². The van der Waals surface area contributed by atoms with E-state index in [0.717, 1.165) is 35.2 Å². The maximum absolute atomic E-state index is 13.5. The van der Waals surface area contributed by atoms with Gasteiger partial charge in [-0.1, -0.05) is 6.07 Å². The van der Waals surface area contributed by atoms with Gasteiger partial charge >= 0.3 is 6.18 Å². The van der Waals surface area contributed by atoms with Crippen LogP contribution in [-0.4, -0.2) is 45.7 Å². The van der Waals surface area contributed by atoms with E-state index < -0.39 is 12.2 Å². The standard InChI is InChI=1S/C21H27F3N4O2/c1-13-8-19(21(22,23)24)28-20(25-13)10-16(26-28)17-4-3-7-27(17)11-14-5-6-18(30-2)15(9-14)12-29/h5-6,9-10,13,17,19,25,29H,3-4,7-8,11-12H2,1-2H3/t13-,17+,19-/m1/s1. The van der Waals surface area contributed by atoms with Crippen molar-refractivity contribution in [1.29, 1.82) is 0 Å². The summed E-state index contributed by atoms with van der Waals surface area (Å²) in [6.45, 7) is 3.13. The van der Waals surface area contributed by atoms with Crippen LogP contribution in [0.3, 0.4) is 0 Å². The lowest BCUT2D eigenvalue weighted by Crippen LogP contribution is -2.37. The Morgan fingerprint density at radius 3 is 2.80 bits per heavy atom. The van der Waals surface area contributed by atoms with Crippen molar-refractivity contribution in [2.75, 3.05) is 19.0 Å². The Balaban J connectivity index is 1.58. The average molecular weight is 424 g/mol. The monoisotopic (exact) mass is 424 g/mol. The summed E-state index contributed by atoms with van der Waals surface area (Å²) in [7, 11) is 1.56. The number of nitrogens with one attached hydrogen (secondary N) is 1. The molecule has 0 amide bonds. The van der Waals surface area contributed by atoms with Crippen molar-refractivity contribution >= 4 is 5.82 Å². The fourth-order valence-corrected chi connectivity index (χ4v) is 4.58. The summed E-state index contributed by atoms with van der Waals surface area (Å²) >= 11 is 0. The number of aromatic nitrogens is 2. The van der Waals surface area contributed by atoms with Gasteiger partial charge < -0.3 is 15.2 Å². The van der Waals surface area contributed by atoms with E-state index >= 15 is 0 Å². The number of alkyl halides is 3. The summed E-state index contributed by atoms with van der Waals surface area (Å²) in [4.78, 5) is 2.24. The van der Waals surface area contributed by atoms with Gasteiger partial charge in [0.15, 0.2) is 6.04 Å². The van der Waals surface area contributed by atoms with Crippen molar-refractivity contribution in [3.8, 4) is 5.75 Å². The molecule has 2 aliphatic heterocycles. The second kappa shape index (κ2) is 8.11. The number of hydrogen-bond acceptors (Lipinski definition) is 5. The molecule has 2 N–H and O–H groups in total. The van der Waals surface area contributed by atoms with Gasteiger partial charge in [-0.25, -0.2) is 4.68 Å².